The quantitative estimate of drug-likeness (QED) is 0.0672. The van der Waals surface area contributed by atoms with Crippen molar-refractivity contribution >= 4 is 43.6 Å². The zero-order valence-electron chi connectivity index (χ0n) is 36.2. The third kappa shape index (κ3) is 16.1. The van der Waals surface area contributed by atoms with Gasteiger partial charge < -0.3 is 48.4 Å². The Morgan fingerprint density at radius 2 is 1.43 bits per heavy atom. The predicted octanol–water partition coefficient (Wildman–Crippen LogP) is 5.59. The van der Waals surface area contributed by atoms with Crippen molar-refractivity contribution in [2.75, 3.05) is 77.6 Å². The Hall–Kier alpha value is -5.04. The molecule has 20 nitrogen and oxygen atoms in total. The van der Waals surface area contributed by atoms with E-state index in [1.165, 1.54) is 15.9 Å². The second kappa shape index (κ2) is 22.2. The summed E-state index contributed by atoms with van der Waals surface area (Å²) in [7, 11) is -3.03. The van der Waals surface area contributed by atoms with Gasteiger partial charge in [-0.2, -0.15) is 0 Å². The van der Waals surface area contributed by atoms with E-state index in [1.54, 1.807) is 72.9 Å². The molecule has 2 aromatic rings. The number of hydrogen-bond donors (Lipinski definition) is 1. The fraction of sp³-hybridized carbons (Fsp3) is 0.625. The van der Waals surface area contributed by atoms with Crippen molar-refractivity contribution < 1.29 is 66.0 Å². The van der Waals surface area contributed by atoms with Gasteiger partial charge in [0, 0.05) is 58.0 Å². The van der Waals surface area contributed by atoms with Gasteiger partial charge in [0.1, 0.15) is 28.8 Å². The van der Waals surface area contributed by atoms with E-state index in [2.05, 4.69) is 10.3 Å². The molecule has 0 saturated carbocycles. The highest BCUT2D eigenvalue weighted by Crippen LogP contribution is 2.49. The maximum atomic E-state index is 14.5. The summed E-state index contributed by atoms with van der Waals surface area (Å²) < 4.78 is 56.6. The van der Waals surface area contributed by atoms with E-state index in [4.69, 9.17) is 42.5 Å². The minimum Gasteiger partial charge on any atom is -0.449 e. The lowest BCUT2D eigenvalue weighted by molar-refractivity contribution is -0.134. The molecule has 3 heterocycles. The minimum absolute atomic E-state index is 0.0368. The van der Waals surface area contributed by atoms with Gasteiger partial charge in [-0.1, -0.05) is 43.7 Å². The molecule has 0 spiro atoms. The average Bonchev–Trinajstić information content (AvgIpc) is 3.69. The first kappa shape index (κ1) is 48.6. The van der Waals surface area contributed by atoms with Gasteiger partial charge in [-0.05, 0) is 54.4 Å². The van der Waals surface area contributed by atoms with Crippen LogP contribution in [0.15, 0.2) is 36.4 Å². The molecule has 1 N–H and O–H groups in total. The van der Waals surface area contributed by atoms with Crippen LogP contribution in [0.5, 0.6) is 0 Å². The van der Waals surface area contributed by atoms with E-state index in [1.807, 2.05) is 17.9 Å². The summed E-state index contributed by atoms with van der Waals surface area (Å²) in [4.78, 5) is 80.2. The number of ether oxygens (including phenoxy) is 6. The average molecular weight is 879 g/mol. The summed E-state index contributed by atoms with van der Waals surface area (Å²) in [5.41, 5.74) is -1.35. The number of amides is 3. The van der Waals surface area contributed by atoms with E-state index < -0.39 is 74.8 Å². The standard InChI is InChI=1S/C40H59N6O14P/c1-9-10-22-54-36(49)45-20-18-44(19-21-45)35(48)31(25-61(52,57-26-55-37(50)59-39(2,3)4)58-27-56-38(51)60-40(5,6)7)42-34(47)30-23-32(46-17-16-29(24-46)53-8)43-33(41-30)28-14-12-11-13-15-28/h11-15,23,29,31H,9-10,16-22,24-27H2,1-8H3,(H,42,47)/t29-,31-/m0/s1. The molecule has 338 valence electrons. The van der Waals surface area contributed by atoms with Crippen molar-refractivity contribution in [3.8, 4) is 11.4 Å². The number of carbonyl (C=O) groups excluding carboxylic acids is 5. The van der Waals surface area contributed by atoms with Crippen LogP contribution in [0.4, 0.5) is 20.2 Å². The van der Waals surface area contributed by atoms with Gasteiger partial charge in [0.05, 0.1) is 18.9 Å². The van der Waals surface area contributed by atoms with Crippen molar-refractivity contribution in [1.29, 1.82) is 0 Å². The van der Waals surface area contributed by atoms with Crippen molar-refractivity contribution in [3.63, 3.8) is 0 Å². The van der Waals surface area contributed by atoms with E-state index in [0.717, 1.165) is 12.8 Å². The van der Waals surface area contributed by atoms with E-state index in [0.29, 0.717) is 30.9 Å². The van der Waals surface area contributed by atoms with Gasteiger partial charge in [0.2, 0.25) is 19.5 Å². The highest BCUT2D eigenvalue weighted by Gasteiger charge is 2.39. The summed E-state index contributed by atoms with van der Waals surface area (Å²) in [6, 6.07) is 8.87. The number of benzene rings is 1. The molecule has 2 saturated heterocycles. The SMILES string of the molecule is CCCCOC(=O)N1CCN(C(=O)[C@H](CP(=O)(OCOC(=O)OC(C)(C)C)OCOC(=O)OC(C)(C)C)NC(=O)c2cc(N3CC[C@H](OC)C3)nc(-c3ccccc3)n2)CC1. The zero-order chi connectivity index (χ0) is 44.8. The fourth-order valence-electron chi connectivity index (χ4n) is 5.94. The highest BCUT2D eigenvalue weighted by atomic mass is 31.2. The van der Waals surface area contributed by atoms with E-state index in [-0.39, 0.29) is 50.4 Å². The largest absolute Gasteiger partial charge is 0.510 e. The van der Waals surface area contributed by atoms with Crippen LogP contribution >= 0.6 is 7.60 Å². The summed E-state index contributed by atoms with van der Waals surface area (Å²) in [5, 5.41) is 2.67. The number of piperazine rings is 1. The third-order valence-corrected chi connectivity index (χ3v) is 10.8. The Balaban J connectivity index is 1.65. The second-order valence-corrected chi connectivity index (χ2v) is 18.3. The molecule has 21 heteroatoms. The highest BCUT2D eigenvalue weighted by molar-refractivity contribution is 7.54. The van der Waals surface area contributed by atoms with Gasteiger partial charge in [0.25, 0.3) is 5.91 Å². The fourth-order valence-corrected chi connectivity index (χ4v) is 7.34. The van der Waals surface area contributed by atoms with Crippen LogP contribution < -0.4 is 10.2 Å². The van der Waals surface area contributed by atoms with Gasteiger partial charge in [0.15, 0.2) is 5.82 Å². The number of nitrogens with one attached hydrogen (secondary N) is 1. The molecule has 1 aromatic heterocycles. The Morgan fingerprint density at radius 1 is 0.836 bits per heavy atom. The topological polar surface area (TPSA) is 224 Å². The Bertz CT molecular complexity index is 1810. The van der Waals surface area contributed by atoms with Crippen LogP contribution in [0.1, 0.15) is 78.2 Å². The van der Waals surface area contributed by atoms with Crippen molar-refractivity contribution in [2.45, 2.75) is 91.1 Å². The number of nitrogens with zero attached hydrogens (tertiary/aromatic N) is 5. The number of hydrogen-bond acceptors (Lipinski definition) is 17. The number of rotatable bonds is 17. The molecule has 2 atom stereocenters. The van der Waals surface area contributed by atoms with Crippen LogP contribution in [-0.4, -0.2) is 146 Å². The summed E-state index contributed by atoms with van der Waals surface area (Å²) >= 11 is 0. The first-order valence-electron chi connectivity index (χ1n) is 20.1. The molecule has 2 fully saturated rings. The van der Waals surface area contributed by atoms with E-state index >= 15 is 0 Å². The number of unbranched alkanes of at least 4 members (excludes halogenated alkanes) is 1. The lowest BCUT2D eigenvalue weighted by Crippen LogP contribution is -2.57. The lowest BCUT2D eigenvalue weighted by Gasteiger charge is -2.36. The number of aromatic nitrogens is 2. The second-order valence-electron chi connectivity index (χ2n) is 16.2. The summed E-state index contributed by atoms with van der Waals surface area (Å²) in [6.45, 7) is 11.3. The smallest absolute Gasteiger partial charge is 0.449 e. The normalized spacial score (nSPS) is 16.4. The molecule has 2 aliphatic rings. The molecule has 0 unspecified atom stereocenters. The van der Waals surface area contributed by atoms with Gasteiger partial charge >= 0.3 is 26.0 Å². The van der Waals surface area contributed by atoms with E-state index in [9.17, 15) is 28.5 Å². The molecule has 1 aromatic carbocycles. The van der Waals surface area contributed by atoms with Gasteiger partial charge in [-0.15, -0.1) is 0 Å². The molecule has 4 rings (SSSR count). The molecular weight excluding hydrogens is 819 g/mol. The molecule has 61 heavy (non-hydrogen) atoms. The lowest BCUT2D eigenvalue weighted by atomic mass is 10.2. The molecule has 3 amide bonds. The van der Waals surface area contributed by atoms with Crippen molar-refractivity contribution in [2.24, 2.45) is 0 Å². The molecule has 0 aliphatic carbocycles. The Kier molecular flexibility index (Phi) is 17.7. The third-order valence-electron chi connectivity index (χ3n) is 8.99. The molecule has 2 aliphatic heterocycles. The molecular formula is C40H59N6O14P. The molecule has 0 bridgehead atoms. The Morgan fingerprint density at radius 3 is 1.97 bits per heavy atom. The monoisotopic (exact) mass is 878 g/mol. The summed E-state index contributed by atoms with van der Waals surface area (Å²) in [5.74, 6) is -0.855. The van der Waals surface area contributed by atoms with Crippen LogP contribution in [0.2, 0.25) is 0 Å². The van der Waals surface area contributed by atoms with Crippen LogP contribution in [-0.2, 0) is 46.8 Å². The number of anilines is 1. The summed E-state index contributed by atoms with van der Waals surface area (Å²) in [6.07, 6.45) is -1.44. The molecule has 0 radical (unpaired) electrons. The van der Waals surface area contributed by atoms with Crippen LogP contribution in [0, 0.1) is 0 Å². The minimum atomic E-state index is -4.65. The van der Waals surface area contributed by atoms with Crippen LogP contribution in [0.25, 0.3) is 11.4 Å². The van der Waals surface area contributed by atoms with Gasteiger partial charge in [-0.25, -0.2) is 24.4 Å². The van der Waals surface area contributed by atoms with Crippen molar-refractivity contribution in [3.05, 3.63) is 42.1 Å². The number of carbonyl (C=O) groups is 5. The van der Waals surface area contributed by atoms with Crippen LogP contribution in [0.3, 0.4) is 0 Å². The van der Waals surface area contributed by atoms with Crippen molar-refractivity contribution in [1.82, 2.24) is 25.1 Å². The first-order chi connectivity index (χ1) is 28.8. The number of methoxy groups -OCH3 is 1. The maximum Gasteiger partial charge on any atom is 0.510 e. The Labute approximate surface area is 356 Å². The maximum absolute atomic E-state index is 14.5. The first-order valence-corrected chi connectivity index (χ1v) is 21.8. The van der Waals surface area contributed by atoms with Gasteiger partial charge in [-0.3, -0.25) is 23.2 Å². The predicted molar refractivity (Wildman–Crippen MR) is 220 cm³/mol. The zero-order valence-corrected chi connectivity index (χ0v) is 37.1.